The molecule has 2 aromatic heterocycles. The first-order chi connectivity index (χ1) is 16.1. The first-order valence-corrected chi connectivity index (χ1v) is 11.3. The van der Waals surface area contributed by atoms with Crippen LogP contribution in [0.4, 0.5) is 5.69 Å². The first-order valence-electron chi connectivity index (χ1n) is 11.3. The van der Waals surface area contributed by atoms with Crippen LogP contribution < -0.4 is 20.6 Å². The van der Waals surface area contributed by atoms with E-state index in [-0.39, 0.29) is 11.0 Å². The largest absolute Gasteiger partial charge is 0.497 e. The molecule has 6 nitrogen and oxygen atoms in total. The van der Waals surface area contributed by atoms with Gasteiger partial charge in [-0.3, -0.25) is 9.59 Å². The highest BCUT2D eigenvalue weighted by molar-refractivity contribution is 5.84. The van der Waals surface area contributed by atoms with Crippen LogP contribution in [-0.2, 0) is 6.54 Å². The molecule has 0 spiro atoms. The summed E-state index contributed by atoms with van der Waals surface area (Å²) in [4.78, 5) is 27.8. The predicted molar refractivity (Wildman–Crippen MR) is 128 cm³/mol. The SMILES string of the molecule is COc1ccc(-c2coc3cc(N4C[C@@H]5C[C@H](C4)c4cccc(=O)n4C5)ccc3c2=O)cc1. The summed E-state index contributed by atoms with van der Waals surface area (Å²) in [5.74, 6) is 1.50. The molecule has 0 radical (unpaired) electrons. The number of benzene rings is 2. The van der Waals surface area contributed by atoms with Crippen LogP contribution in [-0.4, -0.2) is 24.8 Å². The fourth-order valence-electron chi connectivity index (χ4n) is 5.39. The van der Waals surface area contributed by atoms with Gasteiger partial charge < -0.3 is 18.6 Å². The van der Waals surface area contributed by atoms with E-state index in [4.69, 9.17) is 9.15 Å². The summed E-state index contributed by atoms with van der Waals surface area (Å²) in [5.41, 5.74) is 4.14. The first kappa shape index (κ1) is 19.9. The molecule has 0 unspecified atom stereocenters. The Kier molecular flexibility index (Phi) is 4.61. The zero-order chi connectivity index (χ0) is 22.5. The number of pyridine rings is 1. The predicted octanol–water partition coefficient (Wildman–Crippen LogP) is 4.25. The Labute approximate surface area is 190 Å². The Balaban J connectivity index is 1.33. The van der Waals surface area contributed by atoms with Gasteiger partial charge in [-0.2, -0.15) is 0 Å². The maximum atomic E-state index is 13.2. The monoisotopic (exact) mass is 440 g/mol. The van der Waals surface area contributed by atoms with Crippen molar-refractivity contribution >= 4 is 16.7 Å². The van der Waals surface area contributed by atoms with E-state index in [1.165, 1.54) is 0 Å². The topological polar surface area (TPSA) is 64.7 Å². The Morgan fingerprint density at radius 3 is 2.64 bits per heavy atom. The summed E-state index contributed by atoms with van der Waals surface area (Å²) >= 11 is 0. The molecular formula is C27H24N2O4. The second kappa shape index (κ2) is 7.66. The van der Waals surface area contributed by atoms with Crippen molar-refractivity contribution in [3.8, 4) is 16.9 Å². The Morgan fingerprint density at radius 1 is 0.970 bits per heavy atom. The van der Waals surface area contributed by atoms with Gasteiger partial charge in [-0.05, 0) is 48.2 Å². The summed E-state index contributed by atoms with van der Waals surface area (Å²) < 4.78 is 13.1. The van der Waals surface area contributed by atoms with E-state index >= 15 is 0 Å². The number of piperidine rings is 1. The molecule has 2 atom stereocenters. The number of anilines is 1. The number of nitrogens with zero attached hydrogens (tertiary/aromatic N) is 2. The number of aromatic nitrogens is 1. The van der Waals surface area contributed by atoms with E-state index in [9.17, 15) is 9.59 Å². The molecule has 2 aliphatic heterocycles. The molecule has 4 aromatic rings. The molecule has 1 fully saturated rings. The van der Waals surface area contributed by atoms with Crippen LogP contribution in [0.5, 0.6) is 5.75 Å². The van der Waals surface area contributed by atoms with E-state index in [0.29, 0.717) is 28.4 Å². The normalized spacial score (nSPS) is 19.4. The van der Waals surface area contributed by atoms with E-state index in [1.807, 2.05) is 53.1 Å². The van der Waals surface area contributed by atoms with Gasteiger partial charge in [0.05, 0.1) is 18.1 Å². The van der Waals surface area contributed by atoms with E-state index < -0.39 is 0 Å². The third-order valence-corrected chi connectivity index (χ3v) is 7.00. The lowest BCUT2D eigenvalue weighted by Crippen LogP contribution is -2.47. The van der Waals surface area contributed by atoms with Crippen molar-refractivity contribution in [1.82, 2.24) is 4.57 Å². The van der Waals surface area contributed by atoms with Crippen molar-refractivity contribution < 1.29 is 9.15 Å². The van der Waals surface area contributed by atoms with Gasteiger partial charge >= 0.3 is 0 Å². The van der Waals surface area contributed by atoms with Gasteiger partial charge in [0.1, 0.15) is 17.6 Å². The van der Waals surface area contributed by atoms with Crippen LogP contribution in [0.2, 0.25) is 0 Å². The van der Waals surface area contributed by atoms with Gasteiger partial charge in [0.15, 0.2) is 5.43 Å². The van der Waals surface area contributed by atoms with Gasteiger partial charge in [0.25, 0.3) is 5.56 Å². The molecule has 6 heteroatoms. The highest BCUT2D eigenvalue weighted by atomic mass is 16.5. The number of hydrogen-bond donors (Lipinski definition) is 0. The number of fused-ring (bicyclic) bond motifs is 5. The van der Waals surface area contributed by atoms with Gasteiger partial charge in [-0.15, -0.1) is 0 Å². The average Bonchev–Trinajstić information content (AvgIpc) is 2.85. The molecule has 6 rings (SSSR count). The molecule has 1 saturated heterocycles. The van der Waals surface area contributed by atoms with Crippen molar-refractivity contribution in [1.29, 1.82) is 0 Å². The second-order valence-corrected chi connectivity index (χ2v) is 8.99. The summed E-state index contributed by atoms with van der Waals surface area (Å²) in [6, 6.07) is 18.8. The zero-order valence-corrected chi connectivity index (χ0v) is 18.4. The minimum Gasteiger partial charge on any atom is -0.497 e. The van der Waals surface area contributed by atoms with Gasteiger partial charge in [-0.25, -0.2) is 0 Å². The highest BCUT2D eigenvalue weighted by Gasteiger charge is 2.34. The highest BCUT2D eigenvalue weighted by Crippen LogP contribution is 2.37. The lowest BCUT2D eigenvalue weighted by atomic mass is 9.83. The smallest absolute Gasteiger partial charge is 0.250 e. The van der Waals surface area contributed by atoms with Crippen molar-refractivity contribution in [2.24, 2.45) is 5.92 Å². The summed E-state index contributed by atoms with van der Waals surface area (Å²) in [7, 11) is 1.62. The lowest BCUT2D eigenvalue weighted by Gasteiger charge is -2.43. The maximum Gasteiger partial charge on any atom is 0.250 e. The van der Waals surface area contributed by atoms with Crippen LogP contribution in [0.3, 0.4) is 0 Å². The van der Waals surface area contributed by atoms with E-state index in [0.717, 1.165) is 48.7 Å². The van der Waals surface area contributed by atoms with Crippen LogP contribution in [0, 0.1) is 5.92 Å². The van der Waals surface area contributed by atoms with Gasteiger partial charge in [0, 0.05) is 49.1 Å². The van der Waals surface area contributed by atoms with E-state index in [1.54, 1.807) is 19.4 Å². The summed E-state index contributed by atoms with van der Waals surface area (Å²) in [6.45, 7) is 2.49. The number of ether oxygens (including phenoxy) is 1. The van der Waals surface area contributed by atoms with Crippen molar-refractivity contribution in [3.05, 3.63) is 93.2 Å². The minimum absolute atomic E-state index is 0.0446. The Bertz CT molecular complexity index is 1470. The molecule has 2 aliphatic rings. The second-order valence-electron chi connectivity index (χ2n) is 8.99. The fourth-order valence-corrected chi connectivity index (χ4v) is 5.39. The van der Waals surface area contributed by atoms with Crippen molar-refractivity contribution in [2.45, 2.75) is 18.9 Å². The molecule has 0 N–H and O–H groups in total. The Hall–Kier alpha value is -3.80. The quantitative estimate of drug-likeness (QED) is 0.477. The standard InChI is InChI=1S/C27H24N2O4/c1-32-21-8-5-18(6-9-21)23-16-33-25-12-20(7-10-22(25)27(23)31)28-13-17-11-19(15-28)24-3-2-4-26(30)29(24)14-17/h2-10,12,16-17,19H,11,13-15H2,1H3/t17-,19+/m0/s1. The number of hydrogen-bond acceptors (Lipinski definition) is 5. The molecule has 0 amide bonds. The Morgan fingerprint density at radius 2 is 1.82 bits per heavy atom. The fraction of sp³-hybridized carbons (Fsp3) is 0.259. The molecule has 2 aromatic carbocycles. The average molecular weight is 440 g/mol. The molecule has 0 aliphatic carbocycles. The molecule has 33 heavy (non-hydrogen) atoms. The van der Waals surface area contributed by atoms with Crippen molar-refractivity contribution in [3.63, 3.8) is 0 Å². The molecule has 166 valence electrons. The van der Waals surface area contributed by atoms with Crippen LogP contribution in [0.1, 0.15) is 18.0 Å². The number of rotatable bonds is 3. The van der Waals surface area contributed by atoms with Crippen molar-refractivity contribution in [2.75, 3.05) is 25.1 Å². The third kappa shape index (κ3) is 3.33. The van der Waals surface area contributed by atoms with Crippen LogP contribution >= 0.6 is 0 Å². The van der Waals surface area contributed by atoms with E-state index in [2.05, 4.69) is 11.0 Å². The van der Waals surface area contributed by atoms with Gasteiger partial charge in [0.2, 0.25) is 0 Å². The minimum atomic E-state index is -0.0446. The summed E-state index contributed by atoms with van der Waals surface area (Å²) in [5, 5.41) is 0.571. The molecule has 4 heterocycles. The van der Waals surface area contributed by atoms with Crippen LogP contribution in [0.25, 0.3) is 22.1 Å². The maximum absolute atomic E-state index is 13.2. The van der Waals surface area contributed by atoms with Gasteiger partial charge in [-0.1, -0.05) is 18.2 Å². The zero-order valence-electron chi connectivity index (χ0n) is 18.4. The number of methoxy groups -OCH3 is 1. The molecular weight excluding hydrogens is 416 g/mol. The van der Waals surface area contributed by atoms with Crippen LogP contribution in [0.15, 0.2) is 80.9 Å². The lowest BCUT2D eigenvalue weighted by molar-refractivity contribution is 0.281. The molecule has 0 saturated carbocycles. The molecule has 2 bridgehead atoms. The third-order valence-electron chi connectivity index (χ3n) is 7.00. The summed E-state index contributed by atoms with van der Waals surface area (Å²) in [6.07, 6.45) is 2.65.